The van der Waals surface area contributed by atoms with Gasteiger partial charge in [-0.2, -0.15) is 5.26 Å². The predicted molar refractivity (Wildman–Crippen MR) is 169 cm³/mol. The number of carbonyl (C=O) groups is 3. The van der Waals surface area contributed by atoms with Crippen LogP contribution in [0.3, 0.4) is 0 Å². The Labute approximate surface area is 258 Å². The largest absolute Gasteiger partial charge is 0.496 e. The summed E-state index contributed by atoms with van der Waals surface area (Å²) in [6, 6.07) is 23.7. The number of rotatable bonds is 7. The maximum Gasteiger partial charge on any atom is 0.258 e. The van der Waals surface area contributed by atoms with Crippen LogP contribution in [0.15, 0.2) is 83.3 Å². The number of fused-ring (bicyclic) bond motifs is 2. The number of methoxy groups -OCH3 is 1. The molecule has 1 heterocycles. The number of anilines is 2. The Morgan fingerprint density at radius 1 is 1.07 bits per heavy atom. The van der Waals surface area contributed by atoms with Crippen LogP contribution in [0.25, 0.3) is 10.8 Å². The summed E-state index contributed by atoms with van der Waals surface area (Å²) < 4.78 is 6.66. The number of carbonyl (C=O) groups excluding carboxylic acids is 3. The van der Waals surface area contributed by atoms with Gasteiger partial charge < -0.3 is 25.2 Å². The molecule has 218 valence electrons. The molecular formula is C33H30BrN5O4. The molecule has 5 rings (SSSR count). The average molecular weight is 641 g/mol. The number of nitrogens with zero attached hydrogens (tertiary/aromatic N) is 3. The number of nitriles is 1. The van der Waals surface area contributed by atoms with Gasteiger partial charge in [0.1, 0.15) is 11.8 Å². The lowest BCUT2D eigenvalue weighted by molar-refractivity contribution is -0.128. The molecule has 2 atom stereocenters. The third kappa shape index (κ3) is 5.95. The minimum Gasteiger partial charge on any atom is -0.496 e. The number of para-hydroxylation sites is 2. The first-order valence-electron chi connectivity index (χ1n) is 13.7. The average Bonchev–Trinajstić information content (AvgIpc) is 3.14. The van der Waals surface area contributed by atoms with Crippen molar-refractivity contribution >= 4 is 55.8 Å². The van der Waals surface area contributed by atoms with Gasteiger partial charge >= 0.3 is 0 Å². The van der Waals surface area contributed by atoms with Gasteiger partial charge in [-0.15, -0.1) is 0 Å². The molecule has 0 saturated heterocycles. The lowest BCUT2D eigenvalue weighted by atomic mass is 10.0. The van der Waals surface area contributed by atoms with Crippen LogP contribution in [0.4, 0.5) is 11.4 Å². The van der Waals surface area contributed by atoms with Gasteiger partial charge in [0.15, 0.2) is 0 Å². The summed E-state index contributed by atoms with van der Waals surface area (Å²) in [6.45, 7) is 1.74. The molecule has 4 aromatic carbocycles. The van der Waals surface area contributed by atoms with E-state index in [1.807, 2.05) is 36.4 Å². The minimum atomic E-state index is -1.05. The van der Waals surface area contributed by atoms with E-state index in [1.54, 1.807) is 68.4 Å². The van der Waals surface area contributed by atoms with E-state index in [9.17, 15) is 19.6 Å². The lowest BCUT2D eigenvalue weighted by Crippen LogP contribution is -2.55. The van der Waals surface area contributed by atoms with E-state index in [0.717, 1.165) is 20.8 Å². The summed E-state index contributed by atoms with van der Waals surface area (Å²) >= 11 is 3.53. The van der Waals surface area contributed by atoms with Crippen LogP contribution in [0.2, 0.25) is 0 Å². The number of likely N-dealkylation sites (N-methyl/N-ethyl adjacent to an activating group) is 1. The Bertz CT molecular complexity index is 1750. The van der Waals surface area contributed by atoms with Crippen LogP contribution >= 0.6 is 15.9 Å². The topological polar surface area (TPSA) is 115 Å². The van der Waals surface area contributed by atoms with E-state index in [0.29, 0.717) is 28.3 Å². The summed E-state index contributed by atoms with van der Waals surface area (Å²) in [7, 11) is 3.25. The highest BCUT2D eigenvalue weighted by Crippen LogP contribution is 2.38. The first kappa shape index (κ1) is 29.8. The second-order valence-corrected chi connectivity index (χ2v) is 11.1. The molecular weight excluding hydrogens is 610 g/mol. The number of nitrogens with one attached hydrogen (secondary N) is 2. The fourth-order valence-corrected chi connectivity index (χ4v) is 5.56. The Morgan fingerprint density at radius 3 is 2.47 bits per heavy atom. The van der Waals surface area contributed by atoms with E-state index in [4.69, 9.17) is 4.74 Å². The van der Waals surface area contributed by atoms with E-state index in [1.165, 1.54) is 4.90 Å². The Kier molecular flexibility index (Phi) is 8.76. The van der Waals surface area contributed by atoms with Crippen molar-refractivity contribution < 1.29 is 19.1 Å². The highest BCUT2D eigenvalue weighted by Gasteiger charge is 2.38. The molecule has 0 saturated carbocycles. The highest BCUT2D eigenvalue weighted by atomic mass is 79.9. The molecule has 43 heavy (non-hydrogen) atoms. The predicted octanol–water partition coefficient (Wildman–Crippen LogP) is 4.77. The van der Waals surface area contributed by atoms with Gasteiger partial charge in [0, 0.05) is 15.6 Å². The van der Waals surface area contributed by atoms with Crippen LogP contribution < -0.4 is 25.2 Å². The van der Waals surface area contributed by atoms with E-state index in [-0.39, 0.29) is 30.8 Å². The van der Waals surface area contributed by atoms with Crippen molar-refractivity contribution in [3.8, 4) is 11.8 Å². The third-order valence-corrected chi connectivity index (χ3v) is 8.12. The zero-order chi connectivity index (χ0) is 30.7. The van der Waals surface area contributed by atoms with Gasteiger partial charge in [0.2, 0.25) is 5.91 Å². The van der Waals surface area contributed by atoms with Crippen molar-refractivity contribution in [1.82, 2.24) is 10.6 Å². The van der Waals surface area contributed by atoms with Crippen LogP contribution in [-0.2, 0) is 16.1 Å². The van der Waals surface area contributed by atoms with Gasteiger partial charge in [-0.3, -0.25) is 14.4 Å². The van der Waals surface area contributed by atoms with Crippen molar-refractivity contribution in [2.24, 2.45) is 0 Å². The second-order valence-electron chi connectivity index (χ2n) is 10.2. The van der Waals surface area contributed by atoms with Crippen LogP contribution in [-0.4, -0.2) is 50.5 Å². The number of amides is 3. The minimum absolute atomic E-state index is 0.0903. The van der Waals surface area contributed by atoms with Crippen molar-refractivity contribution in [3.63, 3.8) is 0 Å². The Morgan fingerprint density at radius 2 is 1.79 bits per heavy atom. The molecule has 4 aromatic rings. The molecule has 10 heteroatoms. The van der Waals surface area contributed by atoms with Gasteiger partial charge in [0.05, 0.1) is 49.2 Å². The maximum atomic E-state index is 14.4. The molecule has 3 amide bonds. The number of benzene rings is 4. The van der Waals surface area contributed by atoms with Crippen LogP contribution in [0.5, 0.6) is 5.75 Å². The fourth-order valence-electron chi connectivity index (χ4n) is 5.18. The standard InChI is InChI=1S/C33H30BrN5O4/c1-20(36-2)31(40)37-27-19-39(32(41)22-10-8-21(17-35)9-11-22)29-7-5-4-6-28(29)38(33(27)42)18-26-25-14-13-24(34)16-23(25)12-15-30(26)43-3/h4-16,20,27,36H,18-19H2,1-3H3,(H,37,40). The maximum absolute atomic E-state index is 14.4. The molecule has 9 nitrogen and oxygen atoms in total. The normalized spacial score (nSPS) is 15.3. The highest BCUT2D eigenvalue weighted by molar-refractivity contribution is 9.10. The molecule has 0 fully saturated rings. The monoisotopic (exact) mass is 639 g/mol. The lowest BCUT2D eigenvalue weighted by Gasteiger charge is -2.27. The van der Waals surface area contributed by atoms with Gasteiger partial charge in [0.25, 0.3) is 11.8 Å². The Hall–Kier alpha value is -4.72. The van der Waals surface area contributed by atoms with Crippen LogP contribution in [0.1, 0.15) is 28.4 Å². The zero-order valence-corrected chi connectivity index (χ0v) is 25.5. The fraction of sp³-hybridized carbons (Fsp3) is 0.212. The molecule has 0 radical (unpaired) electrons. The van der Waals surface area contributed by atoms with Crippen LogP contribution in [0, 0.1) is 11.3 Å². The van der Waals surface area contributed by atoms with Gasteiger partial charge in [-0.05, 0) is 79.3 Å². The number of ether oxygens (including phenoxy) is 1. The van der Waals surface area contributed by atoms with Gasteiger partial charge in [-0.1, -0.05) is 40.2 Å². The van der Waals surface area contributed by atoms with E-state index in [2.05, 4.69) is 32.6 Å². The summed E-state index contributed by atoms with van der Waals surface area (Å²) in [6.07, 6.45) is 0. The number of hydrogen-bond acceptors (Lipinski definition) is 6. The second kappa shape index (κ2) is 12.7. The molecule has 0 aromatic heterocycles. The molecule has 0 spiro atoms. The summed E-state index contributed by atoms with van der Waals surface area (Å²) in [5, 5.41) is 16.9. The SMILES string of the molecule is CNC(C)C(=O)NC1CN(C(=O)c2ccc(C#N)cc2)c2ccccc2N(Cc2c(OC)ccc3cc(Br)ccc23)C1=O. The summed E-state index contributed by atoms with van der Waals surface area (Å²) in [5.74, 6) is -0.486. The van der Waals surface area contributed by atoms with Gasteiger partial charge in [-0.25, -0.2) is 0 Å². The summed E-state index contributed by atoms with van der Waals surface area (Å²) in [5.41, 5.74) is 2.60. The molecule has 0 aliphatic carbocycles. The van der Waals surface area contributed by atoms with E-state index < -0.39 is 12.1 Å². The van der Waals surface area contributed by atoms with Crippen molar-refractivity contribution in [1.29, 1.82) is 5.26 Å². The number of halogens is 1. The summed E-state index contributed by atoms with van der Waals surface area (Å²) in [4.78, 5) is 44.6. The molecule has 1 aliphatic heterocycles. The zero-order valence-electron chi connectivity index (χ0n) is 23.9. The molecule has 1 aliphatic rings. The first-order valence-corrected chi connectivity index (χ1v) is 14.5. The molecule has 0 bridgehead atoms. The smallest absolute Gasteiger partial charge is 0.258 e. The first-order chi connectivity index (χ1) is 20.7. The van der Waals surface area contributed by atoms with Crippen molar-refractivity contribution in [3.05, 3.63) is 100 Å². The third-order valence-electron chi connectivity index (χ3n) is 7.63. The van der Waals surface area contributed by atoms with Crippen molar-refractivity contribution in [2.45, 2.75) is 25.6 Å². The Balaban J connectivity index is 1.65. The number of hydrogen-bond donors (Lipinski definition) is 2. The van der Waals surface area contributed by atoms with Crippen molar-refractivity contribution in [2.75, 3.05) is 30.5 Å². The van der Waals surface area contributed by atoms with E-state index >= 15 is 0 Å². The molecule has 2 unspecified atom stereocenters. The quantitative estimate of drug-likeness (QED) is 0.301. The molecule has 2 N–H and O–H groups in total.